The third-order valence-corrected chi connectivity index (χ3v) is 1.52. The highest BCUT2D eigenvalue weighted by molar-refractivity contribution is 5.97. The van der Waals surface area contributed by atoms with Gasteiger partial charge in [0, 0.05) is 6.54 Å². The number of amidine groups is 1. The molecule has 0 amide bonds. The minimum Gasteiger partial charge on any atom is -0.307 e. The molecule has 0 radical (unpaired) electrons. The van der Waals surface area contributed by atoms with Crippen molar-refractivity contribution in [2.75, 3.05) is 6.54 Å². The van der Waals surface area contributed by atoms with Crippen molar-refractivity contribution >= 4 is 5.84 Å². The SMILES string of the molecule is CCN=C(NN)c1[nH]ncc1C. The Labute approximate surface area is 71.0 Å². The van der Waals surface area contributed by atoms with Crippen molar-refractivity contribution in [3.05, 3.63) is 17.5 Å². The number of aromatic amines is 1. The number of nitrogens with two attached hydrogens (primary N) is 1. The predicted octanol–water partition coefficient (Wildman–Crippen LogP) is -0.0521. The van der Waals surface area contributed by atoms with E-state index in [1.165, 1.54) is 0 Å². The van der Waals surface area contributed by atoms with Crippen molar-refractivity contribution in [2.45, 2.75) is 13.8 Å². The number of aryl methyl sites for hydroxylation is 1. The monoisotopic (exact) mass is 167 g/mol. The van der Waals surface area contributed by atoms with E-state index in [9.17, 15) is 0 Å². The Morgan fingerprint density at radius 3 is 3.00 bits per heavy atom. The van der Waals surface area contributed by atoms with E-state index in [1.54, 1.807) is 6.20 Å². The molecule has 0 spiro atoms. The number of hydrogen-bond donors (Lipinski definition) is 3. The molecule has 12 heavy (non-hydrogen) atoms. The molecule has 1 heterocycles. The molecular formula is C7H13N5. The first-order chi connectivity index (χ1) is 5.79. The molecule has 1 rings (SSSR count). The van der Waals surface area contributed by atoms with E-state index >= 15 is 0 Å². The highest BCUT2D eigenvalue weighted by Crippen LogP contribution is 2.01. The molecule has 0 bridgehead atoms. The van der Waals surface area contributed by atoms with Crippen LogP contribution in [0.4, 0.5) is 0 Å². The summed E-state index contributed by atoms with van der Waals surface area (Å²) >= 11 is 0. The maximum absolute atomic E-state index is 5.29. The first kappa shape index (κ1) is 8.73. The summed E-state index contributed by atoms with van der Waals surface area (Å²) in [5, 5.41) is 6.69. The van der Waals surface area contributed by atoms with E-state index in [2.05, 4.69) is 20.6 Å². The zero-order valence-corrected chi connectivity index (χ0v) is 7.26. The number of aliphatic imine (C=N–C) groups is 1. The minimum absolute atomic E-state index is 0.646. The number of nitrogens with one attached hydrogen (secondary N) is 2. The van der Waals surface area contributed by atoms with Gasteiger partial charge in [0.15, 0.2) is 5.84 Å². The van der Waals surface area contributed by atoms with Crippen LogP contribution in [0.25, 0.3) is 0 Å². The second-order valence-corrected chi connectivity index (χ2v) is 2.40. The molecule has 0 saturated carbocycles. The van der Waals surface area contributed by atoms with E-state index < -0.39 is 0 Å². The van der Waals surface area contributed by atoms with Crippen molar-refractivity contribution in [1.29, 1.82) is 0 Å². The summed E-state index contributed by atoms with van der Waals surface area (Å²) in [5.41, 5.74) is 4.40. The van der Waals surface area contributed by atoms with Gasteiger partial charge in [-0.25, -0.2) is 5.84 Å². The van der Waals surface area contributed by atoms with Gasteiger partial charge in [0.05, 0.1) is 6.20 Å². The zero-order chi connectivity index (χ0) is 8.97. The summed E-state index contributed by atoms with van der Waals surface area (Å²) < 4.78 is 0. The summed E-state index contributed by atoms with van der Waals surface area (Å²) in [6.45, 7) is 4.59. The summed E-state index contributed by atoms with van der Waals surface area (Å²) in [6.07, 6.45) is 1.73. The van der Waals surface area contributed by atoms with Crippen LogP contribution in [0.2, 0.25) is 0 Å². The Morgan fingerprint density at radius 1 is 1.83 bits per heavy atom. The largest absolute Gasteiger partial charge is 0.307 e. The lowest BCUT2D eigenvalue weighted by Crippen LogP contribution is -2.32. The first-order valence-electron chi connectivity index (χ1n) is 3.81. The Morgan fingerprint density at radius 2 is 2.58 bits per heavy atom. The van der Waals surface area contributed by atoms with E-state index in [0.29, 0.717) is 12.4 Å². The molecule has 0 saturated heterocycles. The minimum atomic E-state index is 0.646. The molecule has 1 aromatic rings. The molecule has 0 fully saturated rings. The van der Waals surface area contributed by atoms with Gasteiger partial charge in [-0.05, 0) is 19.4 Å². The van der Waals surface area contributed by atoms with Crippen molar-refractivity contribution in [3.63, 3.8) is 0 Å². The fourth-order valence-electron chi connectivity index (χ4n) is 0.941. The topological polar surface area (TPSA) is 79.1 Å². The standard InChI is InChI=1S/C7H13N5/c1-3-9-7(11-8)6-5(2)4-10-12-6/h4H,3,8H2,1-2H3,(H,9,11)(H,10,12). The second-order valence-electron chi connectivity index (χ2n) is 2.40. The van der Waals surface area contributed by atoms with E-state index in [4.69, 9.17) is 5.84 Å². The number of hydrazine groups is 1. The maximum atomic E-state index is 5.29. The average molecular weight is 167 g/mol. The van der Waals surface area contributed by atoms with Gasteiger partial charge >= 0.3 is 0 Å². The third kappa shape index (κ3) is 1.62. The van der Waals surface area contributed by atoms with Crippen LogP contribution >= 0.6 is 0 Å². The molecule has 0 atom stereocenters. The summed E-state index contributed by atoms with van der Waals surface area (Å²) in [6, 6.07) is 0. The van der Waals surface area contributed by atoms with Crippen LogP contribution in [-0.4, -0.2) is 22.6 Å². The number of H-pyrrole nitrogens is 1. The lowest BCUT2D eigenvalue weighted by Gasteiger charge is -2.02. The first-order valence-corrected chi connectivity index (χ1v) is 3.81. The highest BCUT2D eigenvalue weighted by Gasteiger charge is 2.05. The van der Waals surface area contributed by atoms with Gasteiger partial charge in [-0.1, -0.05) is 0 Å². The quantitative estimate of drug-likeness (QED) is 0.250. The van der Waals surface area contributed by atoms with Gasteiger partial charge in [-0.15, -0.1) is 0 Å². The zero-order valence-electron chi connectivity index (χ0n) is 7.26. The lowest BCUT2D eigenvalue weighted by atomic mass is 10.2. The molecule has 0 aliphatic rings. The van der Waals surface area contributed by atoms with Crippen LogP contribution in [-0.2, 0) is 0 Å². The van der Waals surface area contributed by atoms with Crippen LogP contribution in [0.1, 0.15) is 18.2 Å². The van der Waals surface area contributed by atoms with Crippen molar-refractivity contribution in [2.24, 2.45) is 10.8 Å². The van der Waals surface area contributed by atoms with Crippen LogP contribution in [0.15, 0.2) is 11.2 Å². The number of rotatable bonds is 2. The van der Waals surface area contributed by atoms with Crippen LogP contribution in [0.5, 0.6) is 0 Å². The molecule has 0 aliphatic carbocycles. The normalized spacial score (nSPS) is 11.8. The Bertz CT molecular complexity index is 275. The van der Waals surface area contributed by atoms with Gasteiger partial charge in [-0.3, -0.25) is 10.1 Å². The third-order valence-electron chi connectivity index (χ3n) is 1.52. The van der Waals surface area contributed by atoms with Gasteiger partial charge < -0.3 is 5.43 Å². The maximum Gasteiger partial charge on any atom is 0.161 e. The van der Waals surface area contributed by atoms with Gasteiger partial charge in [-0.2, -0.15) is 5.10 Å². The van der Waals surface area contributed by atoms with Gasteiger partial charge in [0.2, 0.25) is 0 Å². The molecule has 0 aromatic carbocycles. The average Bonchev–Trinajstić information content (AvgIpc) is 2.47. The smallest absolute Gasteiger partial charge is 0.161 e. The Kier molecular flexibility index (Phi) is 2.82. The molecule has 66 valence electrons. The van der Waals surface area contributed by atoms with Gasteiger partial charge in [0.1, 0.15) is 5.69 Å². The summed E-state index contributed by atoms with van der Waals surface area (Å²) in [5.74, 6) is 5.94. The summed E-state index contributed by atoms with van der Waals surface area (Å²) in [4.78, 5) is 4.16. The lowest BCUT2D eigenvalue weighted by molar-refractivity contribution is 0.968. The highest BCUT2D eigenvalue weighted by atomic mass is 15.3. The van der Waals surface area contributed by atoms with Crippen LogP contribution in [0.3, 0.4) is 0 Å². The Hall–Kier alpha value is -1.36. The second kappa shape index (κ2) is 3.87. The van der Waals surface area contributed by atoms with Crippen molar-refractivity contribution in [3.8, 4) is 0 Å². The van der Waals surface area contributed by atoms with Crippen LogP contribution in [0, 0.1) is 6.92 Å². The van der Waals surface area contributed by atoms with Crippen molar-refractivity contribution in [1.82, 2.24) is 15.6 Å². The van der Waals surface area contributed by atoms with E-state index in [1.807, 2.05) is 13.8 Å². The summed E-state index contributed by atoms with van der Waals surface area (Å²) in [7, 11) is 0. The molecule has 0 aliphatic heterocycles. The molecule has 0 unspecified atom stereocenters. The molecule has 1 aromatic heterocycles. The van der Waals surface area contributed by atoms with Gasteiger partial charge in [0.25, 0.3) is 0 Å². The number of hydrogen-bond acceptors (Lipinski definition) is 3. The molecule has 4 N–H and O–H groups in total. The van der Waals surface area contributed by atoms with E-state index in [-0.39, 0.29) is 0 Å². The van der Waals surface area contributed by atoms with E-state index in [0.717, 1.165) is 11.3 Å². The number of aromatic nitrogens is 2. The predicted molar refractivity (Wildman–Crippen MR) is 47.7 cm³/mol. The molecule has 5 nitrogen and oxygen atoms in total. The molecule has 5 heteroatoms. The van der Waals surface area contributed by atoms with Crippen LogP contribution < -0.4 is 11.3 Å². The molecular weight excluding hydrogens is 154 g/mol. The Balaban J connectivity index is 2.95. The fraction of sp³-hybridized carbons (Fsp3) is 0.429. The number of nitrogens with zero attached hydrogens (tertiary/aromatic N) is 2. The fourth-order valence-corrected chi connectivity index (χ4v) is 0.941. The van der Waals surface area contributed by atoms with Crippen molar-refractivity contribution < 1.29 is 0 Å².